The molecule has 0 aliphatic heterocycles. The Kier molecular flexibility index (Phi) is 3.68. The lowest BCUT2D eigenvalue weighted by atomic mass is 10.1. The second-order valence-electron chi connectivity index (χ2n) is 5.95. The minimum Gasteiger partial charge on any atom is -0.417 e. The van der Waals surface area contributed by atoms with Gasteiger partial charge in [-0.3, -0.25) is 0 Å². The van der Waals surface area contributed by atoms with E-state index in [1.807, 2.05) is 31.2 Å². The summed E-state index contributed by atoms with van der Waals surface area (Å²) in [6.07, 6.45) is 0. The highest BCUT2D eigenvalue weighted by Gasteiger charge is 2.18. The summed E-state index contributed by atoms with van der Waals surface area (Å²) in [4.78, 5) is 14.8. The van der Waals surface area contributed by atoms with E-state index in [1.165, 1.54) is 10.7 Å². The molecule has 4 aromatic rings. The molecule has 1 aromatic carbocycles. The highest BCUT2D eigenvalue weighted by Crippen LogP contribution is 2.21. The summed E-state index contributed by atoms with van der Waals surface area (Å²) in [5, 5.41) is 23.8. The summed E-state index contributed by atoms with van der Waals surface area (Å²) in [5.41, 5.74) is 3.21. The molecule has 3 heterocycles. The van der Waals surface area contributed by atoms with E-state index >= 15 is 0 Å². The predicted octanol–water partition coefficient (Wildman–Crippen LogP) is 3.05. The SMILES string of the molecule is Cc1ccc2nc(-c3nnc(Cn4nc([N+](=O)[O-])cc4C)o3)ccc2c1. The van der Waals surface area contributed by atoms with Gasteiger partial charge < -0.3 is 14.5 Å². The molecule has 130 valence electrons. The van der Waals surface area contributed by atoms with Gasteiger partial charge in [-0.05, 0) is 37.0 Å². The third kappa shape index (κ3) is 2.90. The van der Waals surface area contributed by atoms with E-state index in [-0.39, 0.29) is 12.4 Å². The van der Waals surface area contributed by atoms with Crippen LogP contribution in [0.15, 0.2) is 40.8 Å². The summed E-state index contributed by atoms with van der Waals surface area (Å²) in [7, 11) is 0. The summed E-state index contributed by atoms with van der Waals surface area (Å²) in [6.45, 7) is 3.91. The van der Waals surface area contributed by atoms with Crippen LogP contribution in [0.2, 0.25) is 0 Å². The molecule has 0 radical (unpaired) electrons. The van der Waals surface area contributed by atoms with Crippen molar-refractivity contribution in [2.45, 2.75) is 20.4 Å². The van der Waals surface area contributed by atoms with E-state index in [4.69, 9.17) is 4.42 Å². The average molecular weight is 350 g/mol. The summed E-state index contributed by atoms with van der Waals surface area (Å²) in [5.74, 6) is 0.377. The van der Waals surface area contributed by atoms with Crippen LogP contribution < -0.4 is 0 Å². The van der Waals surface area contributed by atoms with Gasteiger partial charge in [0, 0.05) is 5.39 Å². The molecule has 0 saturated heterocycles. The van der Waals surface area contributed by atoms with Gasteiger partial charge in [0.1, 0.15) is 12.2 Å². The summed E-state index contributed by atoms with van der Waals surface area (Å²) in [6, 6.07) is 11.2. The molecule has 0 unspecified atom stereocenters. The maximum Gasteiger partial charge on any atom is 0.390 e. The van der Waals surface area contributed by atoms with Gasteiger partial charge in [-0.2, -0.15) is 4.68 Å². The molecule has 0 aliphatic rings. The van der Waals surface area contributed by atoms with Gasteiger partial charge in [0.25, 0.3) is 5.89 Å². The van der Waals surface area contributed by atoms with Crippen molar-refractivity contribution in [2.24, 2.45) is 0 Å². The molecule has 4 rings (SSSR count). The highest BCUT2D eigenvalue weighted by atomic mass is 16.6. The Morgan fingerprint density at radius 2 is 2.00 bits per heavy atom. The number of nitrogens with zero attached hydrogens (tertiary/aromatic N) is 6. The predicted molar refractivity (Wildman–Crippen MR) is 92.5 cm³/mol. The third-order valence-corrected chi connectivity index (χ3v) is 3.97. The van der Waals surface area contributed by atoms with Gasteiger partial charge in [0.05, 0.1) is 22.4 Å². The lowest BCUT2D eigenvalue weighted by Gasteiger charge is -2.00. The Balaban J connectivity index is 1.62. The van der Waals surface area contributed by atoms with Gasteiger partial charge in [0.2, 0.25) is 5.89 Å². The molecule has 0 amide bonds. The van der Waals surface area contributed by atoms with Crippen molar-refractivity contribution in [3.8, 4) is 11.6 Å². The Bertz CT molecular complexity index is 1130. The number of fused-ring (bicyclic) bond motifs is 1. The molecule has 9 nitrogen and oxygen atoms in total. The van der Waals surface area contributed by atoms with Crippen LogP contribution >= 0.6 is 0 Å². The van der Waals surface area contributed by atoms with Crippen molar-refractivity contribution < 1.29 is 9.34 Å². The minimum atomic E-state index is -0.538. The van der Waals surface area contributed by atoms with Crippen molar-refractivity contribution >= 4 is 16.7 Å². The quantitative estimate of drug-likeness (QED) is 0.410. The van der Waals surface area contributed by atoms with E-state index in [9.17, 15) is 10.1 Å². The summed E-state index contributed by atoms with van der Waals surface area (Å²) < 4.78 is 7.11. The summed E-state index contributed by atoms with van der Waals surface area (Å²) >= 11 is 0. The maximum absolute atomic E-state index is 10.8. The molecular weight excluding hydrogens is 336 g/mol. The molecule has 0 fully saturated rings. The van der Waals surface area contributed by atoms with Crippen molar-refractivity contribution in [1.82, 2.24) is 25.0 Å². The van der Waals surface area contributed by atoms with Crippen molar-refractivity contribution in [3.63, 3.8) is 0 Å². The van der Waals surface area contributed by atoms with Gasteiger partial charge in [-0.15, -0.1) is 10.2 Å². The highest BCUT2D eigenvalue weighted by molar-refractivity contribution is 5.81. The van der Waals surface area contributed by atoms with E-state index < -0.39 is 4.92 Å². The molecule has 0 aliphatic carbocycles. The second-order valence-corrected chi connectivity index (χ2v) is 5.95. The number of aromatic nitrogens is 5. The van der Waals surface area contributed by atoms with Crippen molar-refractivity contribution in [3.05, 3.63) is 63.7 Å². The number of aryl methyl sites for hydroxylation is 2. The maximum atomic E-state index is 10.8. The number of nitro groups is 1. The Morgan fingerprint density at radius 1 is 1.15 bits per heavy atom. The van der Waals surface area contributed by atoms with E-state index in [1.54, 1.807) is 6.92 Å². The van der Waals surface area contributed by atoms with Crippen LogP contribution in [0.3, 0.4) is 0 Å². The first-order valence-electron chi connectivity index (χ1n) is 7.88. The molecule has 0 saturated carbocycles. The lowest BCUT2D eigenvalue weighted by Crippen LogP contribution is -2.04. The first kappa shape index (κ1) is 15.9. The second kappa shape index (κ2) is 6.03. The zero-order valence-corrected chi connectivity index (χ0v) is 14.1. The number of hydrogen-bond acceptors (Lipinski definition) is 7. The zero-order chi connectivity index (χ0) is 18.3. The smallest absolute Gasteiger partial charge is 0.390 e. The van der Waals surface area contributed by atoms with Crippen LogP contribution in [0.1, 0.15) is 17.1 Å². The molecule has 3 aromatic heterocycles. The molecule has 0 bridgehead atoms. The molecule has 0 atom stereocenters. The van der Waals surface area contributed by atoms with E-state index in [2.05, 4.69) is 26.3 Å². The molecular formula is C17H14N6O3. The van der Waals surface area contributed by atoms with Crippen LogP contribution in [-0.4, -0.2) is 29.9 Å². The van der Waals surface area contributed by atoms with Gasteiger partial charge in [-0.1, -0.05) is 17.7 Å². The number of pyridine rings is 1. The van der Waals surface area contributed by atoms with Crippen LogP contribution in [0.25, 0.3) is 22.5 Å². The zero-order valence-electron chi connectivity index (χ0n) is 14.1. The fourth-order valence-corrected chi connectivity index (χ4v) is 2.66. The molecule has 26 heavy (non-hydrogen) atoms. The van der Waals surface area contributed by atoms with Crippen LogP contribution in [0, 0.1) is 24.0 Å². The standard InChI is InChI=1S/C17H14N6O3/c1-10-3-5-13-12(7-10)4-6-14(18-13)17-20-19-16(26-17)9-22-11(2)8-15(21-22)23(24)25/h3-8H,9H2,1-2H3. The molecule has 0 spiro atoms. The minimum absolute atomic E-state index is 0.152. The van der Waals surface area contributed by atoms with E-state index in [0.29, 0.717) is 23.2 Å². The Labute approximate surface area is 147 Å². The number of benzene rings is 1. The van der Waals surface area contributed by atoms with Crippen LogP contribution in [0.5, 0.6) is 0 Å². The first-order chi connectivity index (χ1) is 12.5. The van der Waals surface area contributed by atoms with Crippen LogP contribution in [0.4, 0.5) is 5.82 Å². The first-order valence-corrected chi connectivity index (χ1v) is 7.88. The van der Waals surface area contributed by atoms with Gasteiger partial charge in [0.15, 0.2) is 0 Å². The largest absolute Gasteiger partial charge is 0.417 e. The van der Waals surface area contributed by atoms with Gasteiger partial charge >= 0.3 is 5.82 Å². The normalized spacial score (nSPS) is 11.2. The Hall–Kier alpha value is -3.62. The fraction of sp³-hybridized carbons (Fsp3) is 0.176. The average Bonchev–Trinajstić information content (AvgIpc) is 3.22. The van der Waals surface area contributed by atoms with Crippen molar-refractivity contribution in [2.75, 3.05) is 0 Å². The lowest BCUT2D eigenvalue weighted by molar-refractivity contribution is -0.389. The van der Waals surface area contributed by atoms with Crippen molar-refractivity contribution in [1.29, 1.82) is 0 Å². The number of rotatable bonds is 4. The van der Waals surface area contributed by atoms with E-state index in [0.717, 1.165) is 16.5 Å². The monoisotopic (exact) mass is 350 g/mol. The molecule has 0 N–H and O–H groups in total. The fourth-order valence-electron chi connectivity index (χ4n) is 2.66. The topological polar surface area (TPSA) is 113 Å². The Morgan fingerprint density at radius 3 is 2.77 bits per heavy atom. The third-order valence-electron chi connectivity index (χ3n) is 3.97. The van der Waals surface area contributed by atoms with Crippen LogP contribution in [-0.2, 0) is 6.54 Å². The van der Waals surface area contributed by atoms with Gasteiger partial charge in [-0.25, -0.2) is 4.98 Å². The number of hydrogen-bond donors (Lipinski definition) is 0. The molecule has 9 heteroatoms.